The number of nitrogens with one attached hydrogen (secondary N) is 2. The molecule has 0 fully saturated rings. The molecule has 0 saturated carbocycles. The number of amides is 1. The number of carboxylic acids is 1. The second-order valence-corrected chi connectivity index (χ2v) is 3.79. The lowest BCUT2D eigenvalue weighted by Crippen LogP contribution is -2.13. The summed E-state index contributed by atoms with van der Waals surface area (Å²) in [6.45, 7) is 1.23. The van der Waals surface area contributed by atoms with Gasteiger partial charge in [-0.2, -0.15) is 0 Å². The number of hydrogen-bond donors (Lipinski definition) is 3. The highest BCUT2D eigenvalue weighted by atomic mass is 16.5. The average molecular weight is 267 g/mol. The molecule has 0 aliphatic carbocycles. The lowest BCUT2D eigenvalue weighted by atomic mass is 10.3. The Morgan fingerprint density at radius 2 is 2.16 bits per heavy atom. The summed E-state index contributed by atoms with van der Waals surface area (Å²) in [5.41, 5.74) is 0.535. The van der Waals surface area contributed by atoms with E-state index in [1.54, 1.807) is 19.2 Å². The van der Waals surface area contributed by atoms with E-state index >= 15 is 0 Å². The van der Waals surface area contributed by atoms with Crippen molar-refractivity contribution < 1.29 is 19.4 Å². The monoisotopic (exact) mass is 267 g/mol. The van der Waals surface area contributed by atoms with Gasteiger partial charge in [0, 0.05) is 20.1 Å². The van der Waals surface area contributed by atoms with Crippen LogP contribution in [0.15, 0.2) is 18.3 Å². The van der Waals surface area contributed by atoms with Crippen molar-refractivity contribution in [2.75, 3.05) is 30.9 Å². The third-order valence-corrected chi connectivity index (χ3v) is 2.23. The molecule has 7 nitrogen and oxygen atoms in total. The Labute approximate surface area is 111 Å². The molecule has 1 aromatic rings. The van der Waals surface area contributed by atoms with Crippen molar-refractivity contribution in [3.8, 4) is 0 Å². The molecule has 7 heteroatoms. The van der Waals surface area contributed by atoms with Gasteiger partial charge in [-0.15, -0.1) is 0 Å². The molecule has 1 aromatic heterocycles. The van der Waals surface area contributed by atoms with Gasteiger partial charge in [-0.05, 0) is 12.1 Å². The van der Waals surface area contributed by atoms with Gasteiger partial charge in [0.1, 0.15) is 5.82 Å². The van der Waals surface area contributed by atoms with Crippen LogP contribution in [0.4, 0.5) is 11.5 Å². The first kappa shape index (κ1) is 14.9. The smallest absolute Gasteiger partial charge is 0.303 e. The van der Waals surface area contributed by atoms with Gasteiger partial charge in [-0.25, -0.2) is 4.98 Å². The van der Waals surface area contributed by atoms with Gasteiger partial charge < -0.3 is 20.5 Å². The topological polar surface area (TPSA) is 101 Å². The summed E-state index contributed by atoms with van der Waals surface area (Å²) in [5.74, 6) is -0.657. The molecule has 0 bridgehead atoms. The molecule has 104 valence electrons. The Balaban J connectivity index is 2.39. The molecular weight excluding hydrogens is 250 g/mol. The number of hydrogen-bond acceptors (Lipinski definition) is 5. The van der Waals surface area contributed by atoms with Crippen molar-refractivity contribution in [3.63, 3.8) is 0 Å². The molecule has 0 spiro atoms. The predicted molar refractivity (Wildman–Crippen MR) is 70.1 cm³/mol. The molecule has 0 saturated heterocycles. The van der Waals surface area contributed by atoms with E-state index in [0.29, 0.717) is 24.7 Å². The molecule has 19 heavy (non-hydrogen) atoms. The fourth-order valence-electron chi connectivity index (χ4n) is 1.30. The number of ether oxygens (including phenoxy) is 1. The van der Waals surface area contributed by atoms with Crippen LogP contribution in [0.25, 0.3) is 0 Å². The zero-order valence-electron chi connectivity index (χ0n) is 10.7. The standard InChI is InChI=1S/C12H17N3O4/c1-19-7-6-13-10-3-2-9(8-14-10)15-11(16)4-5-12(17)18/h2-3,8H,4-7H2,1H3,(H,13,14)(H,15,16)(H,17,18). The van der Waals surface area contributed by atoms with Gasteiger partial charge in [0.25, 0.3) is 0 Å². The largest absolute Gasteiger partial charge is 0.481 e. The van der Waals surface area contributed by atoms with Crippen molar-refractivity contribution >= 4 is 23.4 Å². The van der Waals surface area contributed by atoms with Crippen LogP contribution in [0.5, 0.6) is 0 Å². The first-order chi connectivity index (χ1) is 9.11. The van der Waals surface area contributed by atoms with E-state index in [2.05, 4.69) is 15.6 Å². The zero-order chi connectivity index (χ0) is 14.1. The van der Waals surface area contributed by atoms with Gasteiger partial charge in [-0.1, -0.05) is 0 Å². The van der Waals surface area contributed by atoms with Crippen molar-refractivity contribution in [1.82, 2.24) is 4.98 Å². The number of aromatic nitrogens is 1. The predicted octanol–water partition coefficient (Wildman–Crippen LogP) is 0.943. The first-order valence-electron chi connectivity index (χ1n) is 5.82. The fourth-order valence-corrected chi connectivity index (χ4v) is 1.30. The van der Waals surface area contributed by atoms with Crippen molar-refractivity contribution in [1.29, 1.82) is 0 Å². The van der Waals surface area contributed by atoms with Crippen LogP contribution < -0.4 is 10.6 Å². The molecular formula is C12H17N3O4. The normalized spacial score (nSPS) is 9.95. The van der Waals surface area contributed by atoms with Gasteiger partial charge in [0.15, 0.2) is 0 Å². The number of carboxylic acid groups (broad SMARTS) is 1. The minimum absolute atomic E-state index is 0.0524. The number of rotatable bonds is 8. The number of aliphatic carboxylic acids is 1. The lowest BCUT2D eigenvalue weighted by Gasteiger charge is -2.07. The van der Waals surface area contributed by atoms with Gasteiger partial charge in [0.2, 0.25) is 5.91 Å². The summed E-state index contributed by atoms with van der Waals surface area (Å²) in [6, 6.07) is 3.42. The first-order valence-corrected chi connectivity index (χ1v) is 5.82. The maximum absolute atomic E-state index is 11.4. The van der Waals surface area contributed by atoms with E-state index in [4.69, 9.17) is 9.84 Å². The minimum atomic E-state index is -0.994. The molecule has 0 unspecified atom stereocenters. The quantitative estimate of drug-likeness (QED) is 0.606. The van der Waals surface area contributed by atoms with E-state index < -0.39 is 5.97 Å². The molecule has 0 aromatic carbocycles. The number of carbonyl (C=O) groups is 2. The summed E-state index contributed by atoms with van der Waals surface area (Å²) < 4.78 is 4.89. The average Bonchev–Trinajstić information content (AvgIpc) is 2.39. The number of methoxy groups -OCH3 is 1. The molecule has 1 heterocycles. The number of anilines is 2. The lowest BCUT2D eigenvalue weighted by molar-refractivity contribution is -0.138. The fraction of sp³-hybridized carbons (Fsp3) is 0.417. The van der Waals surface area contributed by atoms with Crippen LogP contribution in [-0.4, -0.2) is 42.2 Å². The van der Waals surface area contributed by atoms with Crippen LogP contribution in [0.2, 0.25) is 0 Å². The summed E-state index contributed by atoms with van der Waals surface area (Å²) in [5, 5.41) is 14.1. The third-order valence-electron chi connectivity index (χ3n) is 2.23. The van der Waals surface area contributed by atoms with Crippen molar-refractivity contribution in [2.24, 2.45) is 0 Å². The van der Waals surface area contributed by atoms with E-state index in [0.717, 1.165) is 0 Å². The highest BCUT2D eigenvalue weighted by Crippen LogP contribution is 2.10. The van der Waals surface area contributed by atoms with Gasteiger partial charge in [-0.3, -0.25) is 9.59 Å². The maximum atomic E-state index is 11.4. The Bertz CT molecular complexity index is 419. The van der Waals surface area contributed by atoms with E-state index in [1.165, 1.54) is 6.20 Å². The Morgan fingerprint density at radius 3 is 2.74 bits per heavy atom. The van der Waals surface area contributed by atoms with Crippen LogP contribution >= 0.6 is 0 Å². The number of nitrogens with zero attached hydrogens (tertiary/aromatic N) is 1. The van der Waals surface area contributed by atoms with E-state index in [1.807, 2.05) is 0 Å². The second kappa shape index (κ2) is 8.04. The van der Waals surface area contributed by atoms with Gasteiger partial charge in [0.05, 0.1) is 24.9 Å². The molecule has 0 aliphatic heterocycles. The summed E-state index contributed by atoms with van der Waals surface area (Å²) in [7, 11) is 1.62. The van der Waals surface area contributed by atoms with E-state index in [-0.39, 0.29) is 18.7 Å². The van der Waals surface area contributed by atoms with Crippen molar-refractivity contribution in [2.45, 2.75) is 12.8 Å². The van der Waals surface area contributed by atoms with Crippen LogP contribution in [-0.2, 0) is 14.3 Å². The Morgan fingerprint density at radius 1 is 1.37 bits per heavy atom. The van der Waals surface area contributed by atoms with Gasteiger partial charge >= 0.3 is 5.97 Å². The Hall–Kier alpha value is -2.15. The number of pyridine rings is 1. The highest BCUT2D eigenvalue weighted by molar-refractivity contribution is 5.92. The molecule has 1 rings (SSSR count). The highest BCUT2D eigenvalue weighted by Gasteiger charge is 2.05. The summed E-state index contributed by atoms with van der Waals surface area (Å²) in [4.78, 5) is 25.8. The molecule has 0 aliphatic rings. The zero-order valence-corrected chi connectivity index (χ0v) is 10.7. The summed E-state index contributed by atoms with van der Waals surface area (Å²) in [6.07, 6.45) is 1.27. The Kier molecular flexibility index (Phi) is 6.31. The third kappa shape index (κ3) is 6.37. The molecule has 3 N–H and O–H groups in total. The van der Waals surface area contributed by atoms with Crippen LogP contribution in [0, 0.1) is 0 Å². The van der Waals surface area contributed by atoms with E-state index in [9.17, 15) is 9.59 Å². The second-order valence-electron chi connectivity index (χ2n) is 3.79. The molecule has 0 atom stereocenters. The van der Waals surface area contributed by atoms with Crippen molar-refractivity contribution in [3.05, 3.63) is 18.3 Å². The number of carbonyl (C=O) groups excluding carboxylic acids is 1. The SMILES string of the molecule is COCCNc1ccc(NC(=O)CCC(=O)O)cn1. The maximum Gasteiger partial charge on any atom is 0.303 e. The molecule has 1 amide bonds. The van der Waals surface area contributed by atoms with Crippen LogP contribution in [0.3, 0.4) is 0 Å². The summed E-state index contributed by atoms with van der Waals surface area (Å²) >= 11 is 0. The molecule has 0 radical (unpaired) electrons. The minimum Gasteiger partial charge on any atom is -0.481 e. The van der Waals surface area contributed by atoms with Crippen LogP contribution in [0.1, 0.15) is 12.8 Å².